The number of carboxylic acid groups (broad SMARTS) is 1. The molecule has 0 amide bonds. The van der Waals surface area contributed by atoms with Gasteiger partial charge in [0.15, 0.2) is 5.17 Å². The zero-order valence-electron chi connectivity index (χ0n) is 16.5. The standard InChI is InChI=1S/C23H24N2O3S/c1-3-18-13-14-25-21(16-9-11-17(28-2)12-10-16)19(22(26)27)20(24-23(25)29-18)15-7-5-4-6-8-15/h4-12,18,21H,3,13-14H2,1-2H3,(H,26,27). The molecular weight excluding hydrogens is 384 g/mol. The highest BCUT2D eigenvalue weighted by Gasteiger charge is 2.40. The first-order chi connectivity index (χ1) is 14.1. The third-order valence-electron chi connectivity index (χ3n) is 5.42. The number of ether oxygens (including phenoxy) is 1. The molecular formula is C23H24N2O3S. The van der Waals surface area contributed by atoms with Crippen molar-refractivity contribution in [1.29, 1.82) is 0 Å². The van der Waals surface area contributed by atoms with Crippen LogP contribution in [0.15, 0.2) is 65.2 Å². The third kappa shape index (κ3) is 3.77. The highest BCUT2D eigenvalue weighted by atomic mass is 32.2. The van der Waals surface area contributed by atoms with Crippen LogP contribution in [0.1, 0.15) is 36.9 Å². The van der Waals surface area contributed by atoms with Gasteiger partial charge in [0, 0.05) is 17.4 Å². The molecule has 2 aromatic carbocycles. The lowest BCUT2D eigenvalue weighted by molar-refractivity contribution is -0.133. The maximum atomic E-state index is 12.5. The topological polar surface area (TPSA) is 62.1 Å². The van der Waals surface area contributed by atoms with Crippen LogP contribution in [0.25, 0.3) is 5.70 Å². The van der Waals surface area contributed by atoms with E-state index in [0.29, 0.717) is 16.5 Å². The molecule has 4 rings (SSSR count). The summed E-state index contributed by atoms with van der Waals surface area (Å²) in [5.74, 6) is -0.184. The van der Waals surface area contributed by atoms with Crippen LogP contribution < -0.4 is 4.74 Å². The summed E-state index contributed by atoms with van der Waals surface area (Å²) in [7, 11) is 1.63. The first-order valence-electron chi connectivity index (χ1n) is 9.81. The van der Waals surface area contributed by atoms with Crippen molar-refractivity contribution in [3.8, 4) is 5.75 Å². The molecule has 2 heterocycles. The van der Waals surface area contributed by atoms with Gasteiger partial charge in [0.25, 0.3) is 0 Å². The second-order valence-corrected chi connectivity index (χ2v) is 8.40. The Bertz CT molecular complexity index is 954. The van der Waals surface area contributed by atoms with Crippen molar-refractivity contribution in [2.24, 2.45) is 4.99 Å². The predicted octanol–water partition coefficient (Wildman–Crippen LogP) is 4.82. The summed E-state index contributed by atoms with van der Waals surface area (Å²) in [6.45, 7) is 2.98. The molecule has 1 N–H and O–H groups in total. The lowest BCUT2D eigenvalue weighted by Crippen LogP contribution is -2.43. The van der Waals surface area contributed by atoms with Crippen LogP contribution in [0.2, 0.25) is 0 Å². The fraction of sp³-hybridized carbons (Fsp3) is 0.304. The van der Waals surface area contributed by atoms with Gasteiger partial charge in [0.05, 0.1) is 24.4 Å². The molecule has 0 bridgehead atoms. The minimum atomic E-state index is -0.935. The number of thioether (sulfide) groups is 1. The first kappa shape index (κ1) is 19.6. The van der Waals surface area contributed by atoms with Gasteiger partial charge in [0.1, 0.15) is 5.75 Å². The third-order valence-corrected chi connectivity index (χ3v) is 6.86. The minimum absolute atomic E-state index is 0.320. The lowest BCUT2D eigenvalue weighted by Gasteiger charge is -2.42. The number of carboxylic acids is 1. The largest absolute Gasteiger partial charge is 0.497 e. The monoisotopic (exact) mass is 408 g/mol. The Balaban J connectivity index is 1.89. The number of amidine groups is 1. The molecule has 29 heavy (non-hydrogen) atoms. The maximum Gasteiger partial charge on any atom is 0.336 e. The van der Waals surface area contributed by atoms with Gasteiger partial charge in [0.2, 0.25) is 0 Å². The zero-order chi connectivity index (χ0) is 20.4. The molecule has 6 heteroatoms. The summed E-state index contributed by atoms with van der Waals surface area (Å²) in [5.41, 5.74) is 2.63. The van der Waals surface area contributed by atoms with E-state index >= 15 is 0 Å². The van der Waals surface area contributed by atoms with Gasteiger partial charge in [-0.05, 0) is 30.5 Å². The molecule has 2 atom stereocenters. The average Bonchev–Trinajstić information content (AvgIpc) is 2.77. The summed E-state index contributed by atoms with van der Waals surface area (Å²) < 4.78 is 5.29. The lowest BCUT2D eigenvalue weighted by atomic mass is 9.91. The Morgan fingerprint density at radius 1 is 1.21 bits per heavy atom. The van der Waals surface area contributed by atoms with E-state index in [9.17, 15) is 9.90 Å². The number of fused-ring (bicyclic) bond motifs is 1. The van der Waals surface area contributed by atoms with Crippen LogP contribution in [0.4, 0.5) is 0 Å². The number of carbonyl (C=O) groups is 1. The molecule has 0 spiro atoms. The van der Waals surface area contributed by atoms with E-state index in [-0.39, 0.29) is 6.04 Å². The molecule has 0 aliphatic carbocycles. The van der Waals surface area contributed by atoms with Gasteiger partial charge in [-0.3, -0.25) is 0 Å². The second-order valence-electron chi connectivity index (χ2n) is 7.13. The van der Waals surface area contributed by atoms with E-state index in [4.69, 9.17) is 9.73 Å². The molecule has 1 fully saturated rings. The van der Waals surface area contributed by atoms with E-state index in [2.05, 4.69) is 11.8 Å². The molecule has 1 saturated heterocycles. The molecule has 2 aliphatic heterocycles. The van der Waals surface area contributed by atoms with Gasteiger partial charge in [-0.1, -0.05) is 61.2 Å². The fourth-order valence-corrected chi connectivity index (χ4v) is 5.04. The molecule has 150 valence electrons. The number of hydrogen-bond donors (Lipinski definition) is 1. The molecule has 2 aromatic rings. The average molecular weight is 409 g/mol. The highest BCUT2D eigenvalue weighted by Crippen LogP contribution is 2.44. The molecule has 5 nitrogen and oxygen atoms in total. The number of methoxy groups -OCH3 is 1. The van der Waals surface area contributed by atoms with Crippen LogP contribution >= 0.6 is 11.8 Å². The number of aliphatic imine (C=N–C) groups is 1. The van der Waals surface area contributed by atoms with Gasteiger partial charge in [-0.2, -0.15) is 0 Å². The smallest absolute Gasteiger partial charge is 0.336 e. The van der Waals surface area contributed by atoms with Gasteiger partial charge in [-0.25, -0.2) is 9.79 Å². The van der Waals surface area contributed by atoms with Gasteiger partial charge in [-0.15, -0.1) is 0 Å². The number of rotatable bonds is 5. The van der Waals surface area contributed by atoms with Crippen molar-refractivity contribution in [3.05, 3.63) is 71.3 Å². The Hall–Kier alpha value is -2.73. The van der Waals surface area contributed by atoms with E-state index in [1.807, 2.05) is 54.6 Å². The number of aliphatic carboxylic acids is 1. The minimum Gasteiger partial charge on any atom is -0.497 e. The second kappa shape index (κ2) is 8.33. The van der Waals surface area contributed by atoms with E-state index in [0.717, 1.165) is 41.4 Å². The summed E-state index contributed by atoms with van der Waals surface area (Å²) in [4.78, 5) is 19.5. The number of nitrogens with zero attached hydrogens (tertiary/aromatic N) is 2. The van der Waals surface area contributed by atoms with E-state index in [1.165, 1.54) is 0 Å². The van der Waals surface area contributed by atoms with Crippen molar-refractivity contribution in [1.82, 2.24) is 4.90 Å². The summed E-state index contributed by atoms with van der Waals surface area (Å²) in [6.07, 6.45) is 2.08. The molecule has 0 aromatic heterocycles. The Morgan fingerprint density at radius 2 is 1.93 bits per heavy atom. The Kier molecular flexibility index (Phi) is 5.62. The van der Waals surface area contributed by atoms with Crippen LogP contribution in [-0.4, -0.2) is 40.0 Å². The first-order valence-corrected chi connectivity index (χ1v) is 10.7. The quantitative estimate of drug-likeness (QED) is 0.769. The predicted molar refractivity (Wildman–Crippen MR) is 117 cm³/mol. The van der Waals surface area contributed by atoms with Crippen LogP contribution in [0, 0.1) is 0 Å². The highest BCUT2D eigenvalue weighted by molar-refractivity contribution is 8.14. The number of hydrogen-bond acceptors (Lipinski definition) is 5. The zero-order valence-corrected chi connectivity index (χ0v) is 17.4. The molecule has 2 aliphatic rings. The summed E-state index contributed by atoms with van der Waals surface area (Å²) in [6, 6.07) is 16.9. The van der Waals surface area contributed by atoms with Gasteiger partial charge < -0.3 is 14.7 Å². The summed E-state index contributed by atoms with van der Waals surface area (Å²) in [5, 5.41) is 11.6. The fourth-order valence-electron chi connectivity index (χ4n) is 3.88. The van der Waals surface area contributed by atoms with Crippen molar-refractivity contribution in [3.63, 3.8) is 0 Å². The van der Waals surface area contributed by atoms with E-state index in [1.54, 1.807) is 18.9 Å². The molecule has 2 unspecified atom stereocenters. The molecule has 0 radical (unpaired) electrons. The molecule has 0 saturated carbocycles. The normalized spacial score (nSPS) is 21.4. The van der Waals surface area contributed by atoms with E-state index < -0.39 is 5.97 Å². The van der Waals surface area contributed by atoms with Crippen molar-refractivity contribution >= 4 is 28.6 Å². The van der Waals surface area contributed by atoms with Crippen molar-refractivity contribution in [2.45, 2.75) is 31.1 Å². The van der Waals surface area contributed by atoms with Crippen molar-refractivity contribution in [2.75, 3.05) is 13.7 Å². The summed E-state index contributed by atoms with van der Waals surface area (Å²) >= 11 is 1.76. The van der Waals surface area contributed by atoms with Crippen LogP contribution in [0.3, 0.4) is 0 Å². The number of benzene rings is 2. The maximum absolute atomic E-state index is 12.5. The van der Waals surface area contributed by atoms with Crippen LogP contribution in [-0.2, 0) is 4.79 Å². The van der Waals surface area contributed by atoms with Gasteiger partial charge >= 0.3 is 5.97 Å². The Labute approximate surface area is 175 Å². The Morgan fingerprint density at radius 3 is 2.55 bits per heavy atom. The SMILES string of the molecule is CCC1CCN2C(=NC(c3ccccc3)=C(C(=O)O)C2c2ccc(OC)cc2)S1. The van der Waals surface area contributed by atoms with Crippen molar-refractivity contribution < 1.29 is 14.6 Å². The van der Waals surface area contributed by atoms with Crippen LogP contribution in [0.5, 0.6) is 5.75 Å².